The van der Waals surface area contributed by atoms with Crippen LogP contribution >= 0.6 is 11.3 Å². The lowest BCUT2D eigenvalue weighted by atomic mass is 10.2. The van der Waals surface area contributed by atoms with E-state index in [4.69, 9.17) is 0 Å². The molecule has 2 aromatic heterocycles. The molecule has 0 aliphatic rings. The Hall–Kier alpha value is -1.35. The number of nitrogens with zero attached hydrogens (tertiary/aromatic N) is 2. The number of rotatable bonds is 4. The summed E-state index contributed by atoms with van der Waals surface area (Å²) < 4.78 is 64.5. The van der Waals surface area contributed by atoms with E-state index in [9.17, 15) is 21.6 Å². The van der Waals surface area contributed by atoms with Crippen molar-refractivity contribution in [1.29, 1.82) is 0 Å². The van der Waals surface area contributed by atoms with Crippen molar-refractivity contribution in [2.75, 3.05) is 0 Å². The number of sulfone groups is 1. The lowest BCUT2D eigenvalue weighted by molar-refractivity contribution is -0.137. The summed E-state index contributed by atoms with van der Waals surface area (Å²) in [7, 11) is -3.94. The molecule has 0 atom stereocenters. The third-order valence-electron chi connectivity index (χ3n) is 2.86. The highest BCUT2D eigenvalue weighted by molar-refractivity contribution is 7.90. The Labute approximate surface area is 124 Å². The average molecular weight is 338 g/mol. The fourth-order valence-electron chi connectivity index (χ4n) is 1.89. The largest absolute Gasteiger partial charge is 0.417 e. The maximum Gasteiger partial charge on any atom is 0.417 e. The van der Waals surface area contributed by atoms with Crippen molar-refractivity contribution < 1.29 is 21.6 Å². The molecular formula is C12H13F3N2O2S2. The van der Waals surface area contributed by atoms with Crippen molar-refractivity contribution >= 4 is 21.2 Å². The number of alkyl halides is 3. The summed E-state index contributed by atoms with van der Waals surface area (Å²) in [4.78, 5) is 3.78. The van der Waals surface area contributed by atoms with Crippen LogP contribution in [-0.4, -0.2) is 18.0 Å². The SMILES string of the molecule is CC(C)n1ccnc1S(=O)(=O)Cc1cscc1C(F)(F)F. The average Bonchev–Trinajstić information content (AvgIpc) is 2.93. The number of hydrogen-bond donors (Lipinski definition) is 0. The van der Waals surface area contributed by atoms with E-state index in [1.165, 1.54) is 22.3 Å². The highest BCUT2D eigenvalue weighted by Gasteiger charge is 2.36. The van der Waals surface area contributed by atoms with Gasteiger partial charge in [0.1, 0.15) is 0 Å². The molecule has 2 aromatic rings. The normalized spacial score (nSPS) is 13.0. The molecule has 9 heteroatoms. The number of imidazole rings is 1. The second-order valence-corrected chi connectivity index (χ2v) is 7.41. The molecule has 0 aliphatic carbocycles. The quantitative estimate of drug-likeness (QED) is 0.857. The topological polar surface area (TPSA) is 52.0 Å². The summed E-state index contributed by atoms with van der Waals surface area (Å²) in [5, 5.41) is 1.92. The number of hydrogen-bond acceptors (Lipinski definition) is 4. The second-order valence-electron chi connectivity index (χ2n) is 4.78. The van der Waals surface area contributed by atoms with Crippen molar-refractivity contribution in [3.63, 3.8) is 0 Å². The maximum atomic E-state index is 12.8. The lowest BCUT2D eigenvalue weighted by Gasteiger charge is -2.12. The van der Waals surface area contributed by atoms with Gasteiger partial charge in [0.25, 0.3) is 0 Å². The van der Waals surface area contributed by atoms with Gasteiger partial charge in [0.15, 0.2) is 0 Å². The van der Waals surface area contributed by atoms with Gasteiger partial charge in [0.2, 0.25) is 15.0 Å². The van der Waals surface area contributed by atoms with Crippen LogP contribution in [-0.2, 0) is 21.8 Å². The summed E-state index contributed by atoms with van der Waals surface area (Å²) >= 11 is 0.830. The zero-order valence-electron chi connectivity index (χ0n) is 11.3. The summed E-state index contributed by atoms with van der Waals surface area (Å²) in [5.41, 5.74) is -1.15. The third-order valence-corrected chi connectivity index (χ3v) is 5.22. The van der Waals surface area contributed by atoms with Crippen LogP contribution in [0.1, 0.15) is 31.0 Å². The number of aromatic nitrogens is 2. The summed E-state index contributed by atoms with van der Waals surface area (Å²) in [6.45, 7) is 3.54. The van der Waals surface area contributed by atoms with Gasteiger partial charge in [-0.3, -0.25) is 0 Å². The highest BCUT2D eigenvalue weighted by atomic mass is 32.2. The molecule has 0 aliphatic heterocycles. The summed E-state index contributed by atoms with van der Waals surface area (Å²) in [6, 6.07) is -0.151. The van der Waals surface area contributed by atoms with E-state index in [0.29, 0.717) is 0 Å². The minimum atomic E-state index is -4.56. The van der Waals surface area contributed by atoms with E-state index < -0.39 is 27.3 Å². The van der Waals surface area contributed by atoms with Crippen molar-refractivity contribution in [2.24, 2.45) is 0 Å². The molecule has 4 nitrogen and oxygen atoms in total. The van der Waals surface area contributed by atoms with E-state index in [2.05, 4.69) is 4.98 Å². The van der Waals surface area contributed by atoms with Crippen molar-refractivity contribution in [3.05, 3.63) is 34.3 Å². The monoisotopic (exact) mass is 338 g/mol. The Morgan fingerprint density at radius 1 is 1.33 bits per heavy atom. The van der Waals surface area contributed by atoms with Gasteiger partial charge in [-0.2, -0.15) is 24.5 Å². The van der Waals surface area contributed by atoms with Gasteiger partial charge in [0.05, 0.1) is 11.3 Å². The first kappa shape index (κ1) is 16.0. The number of thiophene rings is 1. The van der Waals surface area contributed by atoms with Gasteiger partial charge >= 0.3 is 6.18 Å². The molecule has 0 N–H and O–H groups in total. The van der Waals surface area contributed by atoms with Crippen LogP contribution in [0.25, 0.3) is 0 Å². The molecule has 0 unspecified atom stereocenters. The summed E-state index contributed by atoms with van der Waals surface area (Å²) in [5.74, 6) is -0.713. The predicted molar refractivity (Wildman–Crippen MR) is 72.8 cm³/mol. The molecule has 0 amide bonds. The van der Waals surface area contributed by atoms with E-state index in [-0.39, 0.29) is 16.8 Å². The van der Waals surface area contributed by atoms with Crippen molar-refractivity contribution in [3.8, 4) is 0 Å². The van der Waals surface area contributed by atoms with Crippen LogP contribution in [0.15, 0.2) is 28.3 Å². The number of halogens is 3. The molecule has 0 saturated heterocycles. The van der Waals surface area contributed by atoms with E-state index in [1.807, 2.05) is 0 Å². The van der Waals surface area contributed by atoms with Gasteiger partial charge in [-0.05, 0) is 24.8 Å². The van der Waals surface area contributed by atoms with Crippen LogP contribution in [0, 0.1) is 0 Å². The molecule has 0 aromatic carbocycles. The third kappa shape index (κ3) is 3.29. The Morgan fingerprint density at radius 3 is 2.57 bits per heavy atom. The van der Waals surface area contributed by atoms with Crippen LogP contribution in [0.2, 0.25) is 0 Å². The van der Waals surface area contributed by atoms with E-state index in [0.717, 1.165) is 16.7 Å². The molecule has 2 heterocycles. The first-order valence-corrected chi connectivity index (χ1v) is 8.60. The van der Waals surface area contributed by atoms with Crippen LogP contribution in [0.5, 0.6) is 0 Å². The van der Waals surface area contributed by atoms with Gasteiger partial charge in [-0.25, -0.2) is 13.4 Å². The minimum absolute atomic E-state index is 0.151. The Morgan fingerprint density at radius 2 is 2.00 bits per heavy atom. The van der Waals surface area contributed by atoms with Gasteiger partial charge in [-0.15, -0.1) is 0 Å². The maximum absolute atomic E-state index is 12.8. The van der Waals surface area contributed by atoms with Crippen molar-refractivity contribution in [1.82, 2.24) is 9.55 Å². The Balaban J connectivity index is 2.39. The highest BCUT2D eigenvalue weighted by Crippen LogP contribution is 2.35. The summed E-state index contributed by atoms with van der Waals surface area (Å²) in [6.07, 6.45) is -1.74. The van der Waals surface area contributed by atoms with Gasteiger partial charge in [0, 0.05) is 23.8 Å². The standard InChI is InChI=1S/C12H13F3N2O2S2/c1-8(2)17-4-3-16-11(17)21(18,19)7-9-5-20-6-10(9)12(13,14)15/h3-6,8H,7H2,1-2H3. The zero-order valence-corrected chi connectivity index (χ0v) is 12.9. The first-order chi connectivity index (χ1) is 9.63. The fourth-order valence-corrected chi connectivity index (χ4v) is 4.45. The smallest absolute Gasteiger partial charge is 0.319 e. The first-order valence-electron chi connectivity index (χ1n) is 6.01. The molecule has 0 saturated carbocycles. The second kappa shape index (κ2) is 5.45. The molecule has 0 bridgehead atoms. The van der Waals surface area contributed by atoms with Crippen LogP contribution < -0.4 is 0 Å². The molecular weight excluding hydrogens is 325 g/mol. The fraction of sp³-hybridized carbons (Fsp3) is 0.417. The van der Waals surface area contributed by atoms with Gasteiger partial charge in [-0.1, -0.05) is 0 Å². The van der Waals surface area contributed by atoms with E-state index >= 15 is 0 Å². The molecule has 0 fully saturated rings. The molecule has 21 heavy (non-hydrogen) atoms. The van der Waals surface area contributed by atoms with Gasteiger partial charge < -0.3 is 4.57 Å². The van der Waals surface area contributed by atoms with Crippen LogP contribution in [0.3, 0.4) is 0 Å². The molecule has 0 radical (unpaired) electrons. The predicted octanol–water partition coefficient (Wildman–Crippen LogP) is 3.52. The lowest BCUT2D eigenvalue weighted by Crippen LogP contribution is -2.16. The molecule has 0 spiro atoms. The minimum Gasteiger partial charge on any atom is -0.319 e. The zero-order chi connectivity index (χ0) is 15.8. The molecule has 116 valence electrons. The van der Waals surface area contributed by atoms with E-state index in [1.54, 1.807) is 13.8 Å². The van der Waals surface area contributed by atoms with Crippen LogP contribution in [0.4, 0.5) is 13.2 Å². The molecule has 2 rings (SSSR count). The Kier molecular flexibility index (Phi) is 4.16. The Bertz CT molecular complexity index is 730. The van der Waals surface area contributed by atoms with Crippen molar-refractivity contribution in [2.45, 2.75) is 37.0 Å².